The molecule has 2 fully saturated rings. The normalized spacial score (nSPS) is 24.6. The molecule has 2 aliphatic heterocycles. The molecular formula is C22H36N10O2S2. The zero-order valence-corrected chi connectivity index (χ0v) is 23.4. The Morgan fingerprint density at radius 3 is 1.33 bits per heavy atom. The van der Waals surface area contributed by atoms with Gasteiger partial charge in [-0.2, -0.15) is 29.9 Å². The summed E-state index contributed by atoms with van der Waals surface area (Å²) in [6, 6.07) is 0. The molecule has 4 atom stereocenters. The van der Waals surface area contributed by atoms with Gasteiger partial charge in [-0.05, 0) is 63.1 Å². The molecule has 4 rings (SSSR count). The molecule has 14 heteroatoms. The lowest BCUT2D eigenvalue weighted by Gasteiger charge is -2.35. The lowest BCUT2D eigenvalue weighted by atomic mass is 10.2. The van der Waals surface area contributed by atoms with Gasteiger partial charge in [0.1, 0.15) is 0 Å². The second-order valence-electron chi connectivity index (χ2n) is 9.04. The first-order valence-corrected chi connectivity index (χ1v) is 14.6. The van der Waals surface area contributed by atoms with E-state index in [0.717, 1.165) is 39.3 Å². The molecule has 2 aromatic rings. The molecular weight excluding hydrogens is 500 g/mol. The average Bonchev–Trinajstić information content (AvgIpc) is 2.82. The van der Waals surface area contributed by atoms with Gasteiger partial charge in [-0.25, -0.2) is 0 Å². The van der Waals surface area contributed by atoms with Crippen LogP contribution in [0.1, 0.15) is 41.5 Å². The minimum absolute atomic E-state index is 0.109. The summed E-state index contributed by atoms with van der Waals surface area (Å²) >= 11 is 0. The number of hydrogen-bond acceptors (Lipinski definition) is 14. The molecule has 12 nitrogen and oxygen atoms in total. The van der Waals surface area contributed by atoms with Gasteiger partial charge in [0, 0.05) is 39.3 Å². The van der Waals surface area contributed by atoms with Crippen molar-refractivity contribution in [2.45, 2.75) is 76.3 Å². The standard InChI is InChI=1S/C22H36N10O2S2/c1-7-23-17-25-19(31-9-13(3)33-14(4)10-31)29-21(27-17)35-36-22-28-18(24-8-2)26-20(30-22)32-11-15(5)34-16(6)12-32/h13-16H,7-12H2,1-6H3,(H,23,25,27,29)(H,24,26,28,30). The molecule has 4 unspecified atom stereocenters. The summed E-state index contributed by atoms with van der Waals surface area (Å²) in [6.07, 6.45) is 0.435. The van der Waals surface area contributed by atoms with Crippen molar-refractivity contribution < 1.29 is 9.47 Å². The Morgan fingerprint density at radius 2 is 1.00 bits per heavy atom. The van der Waals surface area contributed by atoms with Crippen molar-refractivity contribution in [1.29, 1.82) is 0 Å². The molecule has 2 aliphatic rings. The number of rotatable bonds is 9. The smallest absolute Gasteiger partial charge is 0.231 e. The number of nitrogens with zero attached hydrogens (tertiary/aromatic N) is 8. The zero-order chi connectivity index (χ0) is 25.7. The third-order valence-electron chi connectivity index (χ3n) is 5.47. The summed E-state index contributed by atoms with van der Waals surface area (Å²) in [7, 11) is 2.82. The number of nitrogens with one attached hydrogen (secondary N) is 2. The van der Waals surface area contributed by atoms with Crippen molar-refractivity contribution in [3.05, 3.63) is 0 Å². The second-order valence-corrected chi connectivity index (χ2v) is 11.1. The van der Waals surface area contributed by atoms with Gasteiger partial charge in [-0.3, -0.25) is 0 Å². The topological polar surface area (TPSA) is 126 Å². The fraction of sp³-hybridized carbons (Fsp3) is 0.727. The molecule has 0 aliphatic carbocycles. The first kappa shape index (κ1) is 26.9. The summed E-state index contributed by atoms with van der Waals surface area (Å²) in [5.41, 5.74) is 0. The zero-order valence-electron chi connectivity index (χ0n) is 21.8. The van der Waals surface area contributed by atoms with Crippen LogP contribution >= 0.6 is 21.6 Å². The predicted octanol–water partition coefficient (Wildman–Crippen LogP) is 2.95. The minimum atomic E-state index is 0.109. The van der Waals surface area contributed by atoms with Crippen LogP contribution in [0.15, 0.2) is 10.3 Å². The number of anilines is 4. The molecule has 0 bridgehead atoms. The Morgan fingerprint density at radius 1 is 0.639 bits per heavy atom. The van der Waals surface area contributed by atoms with Crippen LogP contribution in [-0.2, 0) is 9.47 Å². The van der Waals surface area contributed by atoms with E-state index in [1.807, 2.05) is 13.8 Å². The predicted molar refractivity (Wildman–Crippen MR) is 144 cm³/mol. The Hall–Kier alpha value is -2.16. The Kier molecular flexibility index (Phi) is 9.25. The third-order valence-corrected chi connectivity index (χ3v) is 7.36. The maximum Gasteiger partial charge on any atom is 0.231 e. The molecule has 0 spiro atoms. The molecule has 36 heavy (non-hydrogen) atoms. The molecule has 2 N–H and O–H groups in total. The van der Waals surface area contributed by atoms with Crippen LogP contribution < -0.4 is 20.4 Å². The molecule has 198 valence electrons. The summed E-state index contributed by atoms with van der Waals surface area (Å²) < 4.78 is 11.8. The van der Waals surface area contributed by atoms with E-state index in [9.17, 15) is 0 Å². The van der Waals surface area contributed by atoms with Crippen molar-refractivity contribution in [2.24, 2.45) is 0 Å². The van der Waals surface area contributed by atoms with Gasteiger partial charge < -0.3 is 29.9 Å². The van der Waals surface area contributed by atoms with Crippen LogP contribution in [0.4, 0.5) is 23.8 Å². The van der Waals surface area contributed by atoms with Gasteiger partial charge in [0.15, 0.2) is 0 Å². The van der Waals surface area contributed by atoms with E-state index < -0.39 is 0 Å². The van der Waals surface area contributed by atoms with Crippen LogP contribution in [-0.4, -0.2) is 93.6 Å². The van der Waals surface area contributed by atoms with E-state index in [1.165, 1.54) is 21.6 Å². The van der Waals surface area contributed by atoms with Crippen LogP contribution in [0.25, 0.3) is 0 Å². The number of hydrogen-bond donors (Lipinski definition) is 2. The van der Waals surface area contributed by atoms with Gasteiger partial charge in [0.05, 0.1) is 24.4 Å². The Bertz CT molecular complexity index is 919. The van der Waals surface area contributed by atoms with Gasteiger partial charge in [-0.1, -0.05) is 0 Å². The summed E-state index contributed by atoms with van der Waals surface area (Å²) in [5, 5.41) is 7.63. The largest absolute Gasteiger partial charge is 0.372 e. The van der Waals surface area contributed by atoms with E-state index in [-0.39, 0.29) is 24.4 Å². The maximum atomic E-state index is 5.88. The van der Waals surface area contributed by atoms with Crippen molar-refractivity contribution in [2.75, 3.05) is 59.7 Å². The fourth-order valence-corrected chi connectivity index (χ4v) is 5.81. The van der Waals surface area contributed by atoms with Crippen molar-refractivity contribution >= 4 is 45.4 Å². The number of morpholine rings is 2. The van der Waals surface area contributed by atoms with Crippen LogP contribution in [0.3, 0.4) is 0 Å². The highest BCUT2D eigenvalue weighted by Gasteiger charge is 2.27. The molecule has 0 saturated carbocycles. The first-order chi connectivity index (χ1) is 17.3. The molecule has 4 heterocycles. The quantitative estimate of drug-likeness (QED) is 0.456. The SMILES string of the molecule is CCNc1nc(SSc2nc(NCC)nc(N3CC(C)OC(C)C3)n2)nc(N2CC(C)OC(C)C2)n1. The lowest BCUT2D eigenvalue weighted by molar-refractivity contribution is -0.00602. The average molecular weight is 537 g/mol. The molecule has 0 amide bonds. The van der Waals surface area contributed by atoms with Gasteiger partial charge in [-0.15, -0.1) is 0 Å². The maximum absolute atomic E-state index is 5.88. The number of aromatic nitrogens is 6. The highest BCUT2D eigenvalue weighted by Crippen LogP contribution is 2.35. The summed E-state index contributed by atoms with van der Waals surface area (Å²) in [6.45, 7) is 16.7. The van der Waals surface area contributed by atoms with Crippen molar-refractivity contribution in [3.8, 4) is 0 Å². The molecule has 2 aromatic heterocycles. The lowest BCUT2D eigenvalue weighted by Crippen LogP contribution is -2.46. The third kappa shape index (κ3) is 7.20. The van der Waals surface area contributed by atoms with Gasteiger partial charge in [0.2, 0.25) is 34.1 Å². The fourth-order valence-electron chi connectivity index (χ4n) is 4.28. The van der Waals surface area contributed by atoms with E-state index in [4.69, 9.17) is 19.4 Å². The van der Waals surface area contributed by atoms with E-state index >= 15 is 0 Å². The molecule has 2 saturated heterocycles. The second kappa shape index (κ2) is 12.4. The van der Waals surface area contributed by atoms with Gasteiger partial charge >= 0.3 is 0 Å². The summed E-state index contributed by atoms with van der Waals surface area (Å²) in [5.74, 6) is 2.40. The number of ether oxygens (including phenoxy) is 2. The Labute approximate surface area is 220 Å². The summed E-state index contributed by atoms with van der Waals surface area (Å²) in [4.78, 5) is 32.3. The van der Waals surface area contributed by atoms with Gasteiger partial charge in [0.25, 0.3) is 0 Å². The van der Waals surface area contributed by atoms with E-state index in [0.29, 0.717) is 34.1 Å². The highest BCUT2D eigenvalue weighted by molar-refractivity contribution is 8.76. The Balaban J connectivity index is 1.55. The van der Waals surface area contributed by atoms with Crippen LogP contribution in [0, 0.1) is 0 Å². The van der Waals surface area contributed by atoms with Crippen LogP contribution in [0.5, 0.6) is 0 Å². The highest BCUT2D eigenvalue weighted by atomic mass is 33.1. The van der Waals surface area contributed by atoms with Crippen LogP contribution in [0.2, 0.25) is 0 Å². The minimum Gasteiger partial charge on any atom is -0.372 e. The van der Waals surface area contributed by atoms with Crippen molar-refractivity contribution in [1.82, 2.24) is 29.9 Å². The molecule has 0 radical (unpaired) electrons. The molecule has 0 aromatic carbocycles. The van der Waals surface area contributed by atoms with E-state index in [1.54, 1.807) is 0 Å². The first-order valence-electron chi connectivity index (χ1n) is 12.5. The van der Waals surface area contributed by atoms with Crippen molar-refractivity contribution in [3.63, 3.8) is 0 Å². The monoisotopic (exact) mass is 536 g/mol. The van der Waals surface area contributed by atoms with E-state index in [2.05, 4.69) is 68.1 Å².